The van der Waals surface area contributed by atoms with Gasteiger partial charge in [-0.05, 0) is 50.0 Å². The van der Waals surface area contributed by atoms with E-state index in [0.717, 1.165) is 18.8 Å². The van der Waals surface area contributed by atoms with Crippen molar-refractivity contribution in [3.8, 4) is 0 Å². The van der Waals surface area contributed by atoms with E-state index in [1.807, 2.05) is 0 Å². The van der Waals surface area contributed by atoms with Gasteiger partial charge in [-0.2, -0.15) is 0 Å². The zero-order chi connectivity index (χ0) is 12.3. The van der Waals surface area contributed by atoms with E-state index in [9.17, 15) is 4.79 Å². The lowest BCUT2D eigenvalue weighted by Gasteiger charge is -2.20. The highest BCUT2D eigenvalue weighted by Crippen LogP contribution is 2.32. The smallest absolute Gasteiger partial charge is 0.220 e. The Morgan fingerprint density at radius 1 is 1.28 bits per heavy atom. The zero-order valence-electron chi connectivity index (χ0n) is 11.4. The van der Waals surface area contributed by atoms with Crippen LogP contribution in [-0.4, -0.2) is 18.5 Å². The van der Waals surface area contributed by atoms with Crippen molar-refractivity contribution in [3.63, 3.8) is 0 Å². The number of carbonyl (C=O) groups excluding carboxylic acids is 1. The molecule has 0 saturated heterocycles. The molecule has 2 rings (SSSR count). The van der Waals surface area contributed by atoms with Crippen molar-refractivity contribution < 1.29 is 4.79 Å². The molecule has 3 nitrogen and oxygen atoms in total. The van der Waals surface area contributed by atoms with E-state index in [1.54, 1.807) is 0 Å². The summed E-state index contributed by atoms with van der Waals surface area (Å²) in [6.45, 7) is 3.00. The summed E-state index contributed by atoms with van der Waals surface area (Å²) in [7, 11) is 0. The van der Waals surface area contributed by atoms with Crippen molar-refractivity contribution in [1.82, 2.24) is 5.32 Å². The summed E-state index contributed by atoms with van der Waals surface area (Å²) in [6, 6.07) is 0.353. The van der Waals surface area contributed by atoms with Crippen molar-refractivity contribution in [2.75, 3.05) is 6.54 Å². The van der Waals surface area contributed by atoms with Gasteiger partial charge in [0, 0.05) is 12.5 Å². The first-order chi connectivity index (χ1) is 8.19. The molecule has 4 atom stereocenters. The van der Waals surface area contributed by atoms with Crippen LogP contribution in [0.25, 0.3) is 0 Å². The number of carbonyl (C=O) groups is 1. The monoisotopic (exact) mass is 274 g/mol. The summed E-state index contributed by atoms with van der Waals surface area (Å²) in [4.78, 5) is 12.0. The zero-order valence-corrected chi connectivity index (χ0v) is 12.2. The van der Waals surface area contributed by atoms with E-state index < -0.39 is 0 Å². The first-order valence-corrected chi connectivity index (χ1v) is 7.18. The van der Waals surface area contributed by atoms with E-state index in [2.05, 4.69) is 12.2 Å². The molecular formula is C14H27ClN2O. The summed E-state index contributed by atoms with van der Waals surface area (Å²) < 4.78 is 0. The molecule has 2 aliphatic carbocycles. The van der Waals surface area contributed by atoms with Gasteiger partial charge in [0.25, 0.3) is 0 Å². The molecule has 2 aliphatic rings. The van der Waals surface area contributed by atoms with Gasteiger partial charge in [-0.1, -0.05) is 19.8 Å². The number of nitrogens with one attached hydrogen (secondary N) is 1. The Balaban J connectivity index is 0.00000162. The summed E-state index contributed by atoms with van der Waals surface area (Å²) in [5.74, 6) is 2.22. The molecule has 4 heteroatoms. The second-order valence-corrected chi connectivity index (χ2v) is 6.09. The van der Waals surface area contributed by atoms with Gasteiger partial charge in [-0.3, -0.25) is 4.79 Å². The first kappa shape index (κ1) is 15.8. The number of rotatable bonds is 4. The molecular weight excluding hydrogens is 248 g/mol. The number of hydrogen-bond acceptors (Lipinski definition) is 2. The standard InChI is InChI=1S/C14H26N2O.ClH/c1-10-5-6-11(7-10)8-14(17)16-13-4-2-3-12(13)9-15;/h10-13H,2-9,15H2,1H3,(H,16,17);1H. The van der Waals surface area contributed by atoms with Crippen LogP contribution in [0, 0.1) is 17.8 Å². The van der Waals surface area contributed by atoms with Crippen LogP contribution in [0.4, 0.5) is 0 Å². The molecule has 4 unspecified atom stereocenters. The maximum atomic E-state index is 12.0. The van der Waals surface area contributed by atoms with E-state index in [4.69, 9.17) is 5.73 Å². The Labute approximate surface area is 117 Å². The van der Waals surface area contributed by atoms with Crippen molar-refractivity contribution in [3.05, 3.63) is 0 Å². The predicted octanol–water partition coefficient (Wildman–Crippen LogP) is 2.48. The normalized spacial score (nSPS) is 35.2. The highest BCUT2D eigenvalue weighted by Gasteiger charge is 2.29. The highest BCUT2D eigenvalue weighted by molar-refractivity contribution is 5.85. The van der Waals surface area contributed by atoms with Crippen molar-refractivity contribution in [1.29, 1.82) is 0 Å². The third-order valence-corrected chi connectivity index (χ3v) is 4.59. The molecule has 0 aliphatic heterocycles. The van der Waals surface area contributed by atoms with E-state index in [0.29, 0.717) is 24.4 Å². The molecule has 2 saturated carbocycles. The van der Waals surface area contributed by atoms with Gasteiger partial charge in [0.05, 0.1) is 0 Å². The lowest BCUT2D eigenvalue weighted by Crippen LogP contribution is -2.40. The molecule has 3 N–H and O–H groups in total. The molecule has 0 heterocycles. The Morgan fingerprint density at radius 3 is 2.67 bits per heavy atom. The number of hydrogen-bond donors (Lipinski definition) is 2. The van der Waals surface area contributed by atoms with Gasteiger partial charge >= 0.3 is 0 Å². The van der Waals surface area contributed by atoms with Crippen LogP contribution in [0.15, 0.2) is 0 Å². The fourth-order valence-corrected chi connectivity index (χ4v) is 3.55. The second-order valence-electron chi connectivity index (χ2n) is 6.09. The van der Waals surface area contributed by atoms with Crippen LogP contribution in [0.2, 0.25) is 0 Å². The minimum Gasteiger partial charge on any atom is -0.353 e. The third-order valence-electron chi connectivity index (χ3n) is 4.59. The van der Waals surface area contributed by atoms with Gasteiger partial charge in [0.15, 0.2) is 0 Å². The summed E-state index contributed by atoms with van der Waals surface area (Å²) in [5, 5.41) is 3.20. The number of amides is 1. The molecule has 2 fully saturated rings. The fourth-order valence-electron chi connectivity index (χ4n) is 3.55. The van der Waals surface area contributed by atoms with Crippen LogP contribution in [0.1, 0.15) is 51.9 Å². The number of halogens is 1. The third kappa shape index (κ3) is 4.13. The Bertz CT molecular complexity index is 273. The molecule has 0 aromatic heterocycles. The van der Waals surface area contributed by atoms with Crippen LogP contribution in [-0.2, 0) is 4.79 Å². The van der Waals surface area contributed by atoms with E-state index in [-0.39, 0.29) is 18.3 Å². The van der Waals surface area contributed by atoms with Crippen LogP contribution >= 0.6 is 12.4 Å². The highest BCUT2D eigenvalue weighted by atomic mass is 35.5. The molecule has 18 heavy (non-hydrogen) atoms. The molecule has 106 valence electrons. The summed E-state index contributed by atoms with van der Waals surface area (Å²) in [6.07, 6.45) is 8.02. The molecule has 0 aromatic carbocycles. The lowest BCUT2D eigenvalue weighted by atomic mass is 10.00. The van der Waals surface area contributed by atoms with Gasteiger partial charge in [-0.25, -0.2) is 0 Å². The molecule has 0 bridgehead atoms. The molecule has 0 aromatic rings. The van der Waals surface area contributed by atoms with Gasteiger partial charge in [0.1, 0.15) is 0 Å². The minimum absolute atomic E-state index is 0. The fraction of sp³-hybridized carbons (Fsp3) is 0.929. The van der Waals surface area contributed by atoms with Crippen LogP contribution < -0.4 is 11.1 Å². The quantitative estimate of drug-likeness (QED) is 0.828. The SMILES string of the molecule is CC1CCC(CC(=O)NC2CCCC2CN)C1.Cl. The largest absolute Gasteiger partial charge is 0.353 e. The molecule has 0 radical (unpaired) electrons. The second kappa shape index (κ2) is 7.34. The van der Waals surface area contributed by atoms with Crippen molar-refractivity contribution in [2.45, 2.75) is 57.9 Å². The minimum atomic E-state index is 0. The van der Waals surface area contributed by atoms with E-state index >= 15 is 0 Å². The first-order valence-electron chi connectivity index (χ1n) is 7.18. The van der Waals surface area contributed by atoms with Crippen LogP contribution in [0.3, 0.4) is 0 Å². The van der Waals surface area contributed by atoms with Crippen LogP contribution in [0.5, 0.6) is 0 Å². The number of nitrogens with two attached hydrogens (primary N) is 1. The Morgan fingerprint density at radius 2 is 2.06 bits per heavy atom. The van der Waals surface area contributed by atoms with E-state index in [1.165, 1.54) is 32.1 Å². The maximum absolute atomic E-state index is 12.0. The summed E-state index contributed by atoms with van der Waals surface area (Å²) in [5.41, 5.74) is 5.73. The average Bonchev–Trinajstić information content (AvgIpc) is 2.87. The topological polar surface area (TPSA) is 55.1 Å². The lowest BCUT2D eigenvalue weighted by molar-refractivity contribution is -0.122. The Hall–Kier alpha value is -0.280. The summed E-state index contributed by atoms with van der Waals surface area (Å²) >= 11 is 0. The van der Waals surface area contributed by atoms with Gasteiger partial charge in [0.2, 0.25) is 5.91 Å². The van der Waals surface area contributed by atoms with Gasteiger partial charge < -0.3 is 11.1 Å². The average molecular weight is 275 g/mol. The Kier molecular flexibility index (Phi) is 6.44. The van der Waals surface area contributed by atoms with Gasteiger partial charge in [-0.15, -0.1) is 12.4 Å². The predicted molar refractivity (Wildman–Crippen MR) is 76.7 cm³/mol. The van der Waals surface area contributed by atoms with Crippen molar-refractivity contribution >= 4 is 18.3 Å². The molecule has 1 amide bonds. The maximum Gasteiger partial charge on any atom is 0.220 e. The molecule has 0 spiro atoms. The van der Waals surface area contributed by atoms with Crippen molar-refractivity contribution in [2.24, 2.45) is 23.5 Å².